The molecule has 1 saturated heterocycles. The molecule has 1 aliphatic heterocycles. The lowest BCUT2D eigenvalue weighted by molar-refractivity contribution is -0.144. The van der Waals surface area contributed by atoms with E-state index in [1.807, 2.05) is 18.5 Å². The Kier molecular flexibility index (Phi) is 5.08. The van der Waals surface area contributed by atoms with Crippen molar-refractivity contribution in [2.24, 2.45) is 7.05 Å². The Hall–Kier alpha value is -0.920. The zero-order chi connectivity index (χ0) is 16.6. The van der Waals surface area contributed by atoms with Gasteiger partial charge < -0.3 is 9.67 Å². The van der Waals surface area contributed by atoms with Crippen molar-refractivity contribution >= 4 is 21.9 Å². The number of hydrogen-bond acceptors (Lipinski definition) is 4. The summed E-state index contributed by atoms with van der Waals surface area (Å²) in [5, 5.41) is 9.80. The van der Waals surface area contributed by atoms with Crippen LogP contribution in [-0.2, 0) is 11.8 Å². The summed E-state index contributed by atoms with van der Waals surface area (Å²) in [6.45, 7) is 5.41. The summed E-state index contributed by atoms with van der Waals surface area (Å²) >= 11 is 3.44. The first-order valence-electron chi connectivity index (χ1n) is 8.38. The van der Waals surface area contributed by atoms with Crippen molar-refractivity contribution in [1.29, 1.82) is 0 Å². The zero-order valence-corrected chi connectivity index (χ0v) is 15.4. The number of imidazole rings is 1. The number of nitrogens with zero attached hydrogens (tertiary/aromatic N) is 4. The quantitative estimate of drug-likeness (QED) is 0.861. The van der Waals surface area contributed by atoms with E-state index in [0.29, 0.717) is 10.6 Å². The number of aryl methyl sites for hydroxylation is 1. The molecular weight excluding hydrogens is 360 g/mol. The minimum Gasteiger partial charge on any atom is -0.480 e. The SMILES string of the molecule is Cc1nc(Br)c(C(C(=O)O)N2CCN(C3CCCC3)CC2)n1C. The fourth-order valence-electron chi connectivity index (χ4n) is 3.96. The Bertz CT molecular complexity index is 575. The number of aromatic nitrogens is 2. The van der Waals surface area contributed by atoms with Crippen LogP contribution < -0.4 is 0 Å². The number of carboxylic acid groups (broad SMARTS) is 1. The predicted molar refractivity (Wildman–Crippen MR) is 91.4 cm³/mol. The number of hydrogen-bond donors (Lipinski definition) is 1. The molecule has 1 unspecified atom stereocenters. The van der Waals surface area contributed by atoms with Crippen LogP contribution in [0.2, 0.25) is 0 Å². The smallest absolute Gasteiger partial charge is 0.327 e. The van der Waals surface area contributed by atoms with Crippen molar-refractivity contribution in [2.75, 3.05) is 26.2 Å². The van der Waals surface area contributed by atoms with E-state index < -0.39 is 12.0 Å². The van der Waals surface area contributed by atoms with Gasteiger partial charge in [-0.3, -0.25) is 14.6 Å². The summed E-state index contributed by atoms with van der Waals surface area (Å²) < 4.78 is 2.52. The van der Waals surface area contributed by atoms with Crippen LogP contribution in [0.25, 0.3) is 0 Å². The molecule has 0 spiro atoms. The fourth-order valence-corrected chi connectivity index (χ4v) is 4.70. The normalized spacial score (nSPS) is 22.6. The lowest BCUT2D eigenvalue weighted by Gasteiger charge is -2.40. The second kappa shape index (κ2) is 6.91. The Morgan fingerprint density at radius 1 is 1.26 bits per heavy atom. The molecular formula is C16H25BrN4O2. The molecule has 1 N–H and O–H groups in total. The average Bonchev–Trinajstić information content (AvgIpc) is 3.13. The van der Waals surface area contributed by atoms with Gasteiger partial charge in [0.25, 0.3) is 0 Å². The van der Waals surface area contributed by atoms with Gasteiger partial charge in [-0.05, 0) is 35.7 Å². The van der Waals surface area contributed by atoms with E-state index in [-0.39, 0.29) is 0 Å². The standard InChI is InChI=1S/C16H25BrN4O2/c1-11-18-15(17)13(19(11)2)14(16(22)23)21-9-7-20(8-10-21)12-5-3-4-6-12/h12,14H,3-10H2,1-2H3,(H,22,23). The van der Waals surface area contributed by atoms with Crippen LogP contribution in [0.1, 0.15) is 43.2 Å². The van der Waals surface area contributed by atoms with Crippen molar-refractivity contribution in [3.8, 4) is 0 Å². The first-order chi connectivity index (χ1) is 11.0. The van der Waals surface area contributed by atoms with E-state index >= 15 is 0 Å². The largest absolute Gasteiger partial charge is 0.480 e. The summed E-state index contributed by atoms with van der Waals surface area (Å²) in [4.78, 5) is 20.9. The molecule has 6 nitrogen and oxygen atoms in total. The molecule has 2 fully saturated rings. The highest BCUT2D eigenvalue weighted by molar-refractivity contribution is 9.10. The molecule has 7 heteroatoms. The van der Waals surface area contributed by atoms with Crippen LogP contribution in [0.3, 0.4) is 0 Å². The van der Waals surface area contributed by atoms with Crippen molar-refractivity contribution < 1.29 is 9.90 Å². The number of carbonyl (C=O) groups is 1. The van der Waals surface area contributed by atoms with Crippen molar-refractivity contribution in [3.63, 3.8) is 0 Å². The minimum atomic E-state index is -0.803. The molecule has 1 aliphatic carbocycles. The number of piperazine rings is 1. The van der Waals surface area contributed by atoms with Gasteiger partial charge in [0.15, 0.2) is 6.04 Å². The Morgan fingerprint density at radius 3 is 2.35 bits per heavy atom. The molecule has 0 amide bonds. The Labute approximate surface area is 145 Å². The fraction of sp³-hybridized carbons (Fsp3) is 0.750. The summed E-state index contributed by atoms with van der Waals surface area (Å²) in [6.07, 6.45) is 5.28. The third-order valence-corrected chi connectivity index (χ3v) is 5.95. The van der Waals surface area contributed by atoms with Gasteiger partial charge in [0.2, 0.25) is 0 Å². The second-order valence-electron chi connectivity index (χ2n) is 6.65. The molecule has 3 rings (SSSR count). The topological polar surface area (TPSA) is 61.6 Å². The van der Waals surface area contributed by atoms with Gasteiger partial charge in [-0.1, -0.05) is 12.8 Å². The number of halogens is 1. The zero-order valence-electron chi connectivity index (χ0n) is 13.8. The monoisotopic (exact) mass is 384 g/mol. The van der Waals surface area contributed by atoms with E-state index in [0.717, 1.165) is 37.7 Å². The van der Waals surface area contributed by atoms with E-state index in [1.165, 1.54) is 25.7 Å². The van der Waals surface area contributed by atoms with Gasteiger partial charge in [-0.25, -0.2) is 4.98 Å². The molecule has 1 atom stereocenters. The lowest BCUT2D eigenvalue weighted by atomic mass is 10.1. The molecule has 1 aromatic heterocycles. The van der Waals surface area contributed by atoms with Crippen LogP contribution in [0.4, 0.5) is 0 Å². The van der Waals surface area contributed by atoms with E-state index in [4.69, 9.17) is 0 Å². The van der Waals surface area contributed by atoms with Crippen molar-refractivity contribution in [2.45, 2.75) is 44.7 Å². The summed E-state index contributed by atoms with van der Waals surface area (Å²) in [5.41, 5.74) is 0.740. The highest BCUT2D eigenvalue weighted by atomic mass is 79.9. The van der Waals surface area contributed by atoms with E-state index in [1.54, 1.807) is 0 Å². The first kappa shape index (κ1) is 16.9. The highest BCUT2D eigenvalue weighted by Gasteiger charge is 2.36. The predicted octanol–water partition coefficient (Wildman–Crippen LogP) is 2.18. The molecule has 2 aliphatic rings. The van der Waals surface area contributed by atoms with Gasteiger partial charge in [-0.2, -0.15) is 0 Å². The first-order valence-corrected chi connectivity index (χ1v) is 9.18. The summed E-state index contributed by atoms with van der Waals surface area (Å²) in [5.74, 6) is 0.0192. The summed E-state index contributed by atoms with van der Waals surface area (Å²) in [6, 6.07) is 0.0763. The summed E-state index contributed by atoms with van der Waals surface area (Å²) in [7, 11) is 1.88. The molecule has 128 valence electrons. The average molecular weight is 385 g/mol. The van der Waals surface area contributed by atoms with Gasteiger partial charge in [0.1, 0.15) is 10.4 Å². The van der Waals surface area contributed by atoms with Crippen molar-refractivity contribution in [3.05, 3.63) is 16.1 Å². The molecule has 0 aromatic carbocycles. The van der Waals surface area contributed by atoms with Crippen LogP contribution in [0, 0.1) is 6.92 Å². The second-order valence-corrected chi connectivity index (χ2v) is 7.40. The molecule has 0 bridgehead atoms. The number of aliphatic carboxylic acids is 1. The van der Waals surface area contributed by atoms with E-state index in [2.05, 4.69) is 30.7 Å². The maximum atomic E-state index is 11.9. The Morgan fingerprint density at radius 2 is 1.87 bits per heavy atom. The maximum absolute atomic E-state index is 11.9. The number of carboxylic acids is 1. The third-order valence-electron chi connectivity index (χ3n) is 5.37. The highest BCUT2D eigenvalue weighted by Crippen LogP contribution is 2.31. The maximum Gasteiger partial charge on any atom is 0.327 e. The molecule has 23 heavy (non-hydrogen) atoms. The number of rotatable bonds is 4. The van der Waals surface area contributed by atoms with Gasteiger partial charge in [-0.15, -0.1) is 0 Å². The molecule has 0 radical (unpaired) electrons. The van der Waals surface area contributed by atoms with Gasteiger partial charge in [0, 0.05) is 39.3 Å². The lowest BCUT2D eigenvalue weighted by Crippen LogP contribution is -2.52. The van der Waals surface area contributed by atoms with Crippen molar-refractivity contribution in [1.82, 2.24) is 19.4 Å². The van der Waals surface area contributed by atoms with Crippen LogP contribution in [-0.4, -0.2) is 62.6 Å². The van der Waals surface area contributed by atoms with Crippen LogP contribution in [0.5, 0.6) is 0 Å². The van der Waals surface area contributed by atoms with Gasteiger partial charge >= 0.3 is 5.97 Å². The van der Waals surface area contributed by atoms with Crippen LogP contribution >= 0.6 is 15.9 Å². The van der Waals surface area contributed by atoms with Gasteiger partial charge in [0.05, 0.1) is 5.69 Å². The molecule has 1 saturated carbocycles. The molecule has 1 aromatic rings. The third kappa shape index (κ3) is 3.32. The van der Waals surface area contributed by atoms with E-state index in [9.17, 15) is 9.90 Å². The van der Waals surface area contributed by atoms with Crippen LogP contribution in [0.15, 0.2) is 4.60 Å². The molecule has 2 heterocycles. The minimum absolute atomic E-state index is 0.638. The Balaban J connectivity index is 1.74.